The molecular formula is C27H35ClN2O2. The van der Waals surface area contributed by atoms with Crippen LogP contribution in [-0.2, 0) is 11.3 Å². The lowest BCUT2D eigenvalue weighted by atomic mass is 9.81. The van der Waals surface area contributed by atoms with E-state index < -0.39 is 0 Å². The smallest absolute Gasteiger partial charge is 0.219 e. The summed E-state index contributed by atoms with van der Waals surface area (Å²) in [4.78, 5) is 16.3. The Balaban J connectivity index is 0.00000289. The van der Waals surface area contributed by atoms with Gasteiger partial charge in [-0.3, -0.25) is 9.69 Å². The highest BCUT2D eigenvalue weighted by atomic mass is 35.5. The van der Waals surface area contributed by atoms with Gasteiger partial charge in [-0.05, 0) is 44.2 Å². The Kier molecular flexibility index (Phi) is 8.02. The van der Waals surface area contributed by atoms with Gasteiger partial charge < -0.3 is 9.64 Å². The average Bonchev–Trinajstić information content (AvgIpc) is 2.90. The van der Waals surface area contributed by atoms with Crippen LogP contribution in [-0.4, -0.2) is 47.5 Å². The number of ether oxygens (including phenoxy) is 1. The van der Waals surface area contributed by atoms with Crippen LogP contribution >= 0.6 is 12.4 Å². The fraction of sp³-hybridized carbons (Fsp3) is 0.444. The number of carbonyl (C=O) groups excluding carboxylic acids is 1. The van der Waals surface area contributed by atoms with Gasteiger partial charge in [0.15, 0.2) is 0 Å². The molecule has 1 fully saturated rings. The normalized spacial score (nSPS) is 23.5. The molecule has 0 atom stereocenters. The van der Waals surface area contributed by atoms with Crippen LogP contribution in [0.4, 0.5) is 0 Å². The zero-order valence-electron chi connectivity index (χ0n) is 19.4. The minimum atomic E-state index is -0.187. The van der Waals surface area contributed by atoms with E-state index in [1.807, 2.05) is 11.9 Å². The summed E-state index contributed by atoms with van der Waals surface area (Å²) in [6.07, 6.45) is 6.21. The summed E-state index contributed by atoms with van der Waals surface area (Å²) in [6, 6.07) is 19.3. The molecule has 4 rings (SSSR count). The van der Waals surface area contributed by atoms with Gasteiger partial charge in [0.05, 0.1) is 0 Å². The predicted molar refractivity (Wildman–Crippen MR) is 133 cm³/mol. The van der Waals surface area contributed by atoms with Crippen molar-refractivity contribution in [3.05, 3.63) is 71.3 Å². The first-order valence-corrected chi connectivity index (χ1v) is 11.4. The van der Waals surface area contributed by atoms with Crippen molar-refractivity contribution < 1.29 is 9.53 Å². The minimum absolute atomic E-state index is 0. The molecule has 1 aliphatic heterocycles. The van der Waals surface area contributed by atoms with Crippen molar-refractivity contribution in [2.75, 3.05) is 20.1 Å². The van der Waals surface area contributed by atoms with E-state index in [1.165, 1.54) is 16.7 Å². The van der Waals surface area contributed by atoms with Crippen LogP contribution < -0.4 is 4.74 Å². The van der Waals surface area contributed by atoms with Gasteiger partial charge in [-0.2, -0.15) is 0 Å². The summed E-state index contributed by atoms with van der Waals surface area (Å²) in [6.45, 7) is 6.61. The van der Waals surface area contributed by atoms with E-state index in [2.05, 4.69) is 72.5 Å². The van der Waals surface area contributed by atoms with Crippen LogP contribution in [0.2, 0.25) is 0 Å². The number of para-hydroxylation sites is 1. The summed E-state index contributed by atoms with van der Waals surface area (Å²) < 4.78 is 6.74. The van der Waals surface area contributed by atoms with E-state index in [-0.39, 0.29) is 23.9 Å². The molecule has 2 aromatic carbocycles. The maximum absolute atomic E-state index is 11.8. The van der Waals surface area contributed by atoms with Gasteiger partial charge in [0.25, 0.3) is 0 Å². The molecule has 1 spiro atoms. The second-order valence-electron chi connectivity index (χ2n) is 9.30. The maximum atomic E-state index is 11.8. The van der Waals surface area contributed by atoms with Crippen LogP contribution in [0.25, 0.3) is 6.08 Å². The van der Waals surface area contributed by atoms with Crippen molar-refractivity contribution in [1.82, 2.24) is 9.80 Å². The van der Waals surface area contributed by atoms with Gasteiger partial charge in [-0.25, -0.2) is 0 Å². The van der Waals surface area contributed by atoms with Crippen molar-refractivity contribution in [3.63, 3.8) is 0 Å². The Hall–Kier alpha value is -2.30. The molecular weight excluding hydrogens is 420 g/mol. The molecule has 4 nitrogen and oxygen atoms in total. The fourth-order valence-corrected chi connectivity index (χ4v) is 5.08. The van der Waals surface area contributed by atoms with Gasteiger partial charge in [0.2, 0.25) is 5.91 Å². The number of fused-ring (bicyclic) bond motifs is 1. The Morgan fingerprint density at radius 3 is 2.44 bits per heavy atom. The Morgan fingerprint density at radius 2 is 1.75 bits per heavy atom. The Bertz CT molecular complexity index is 936. The molecule has 1 heterocycles. The van der Waals surface area contributed by atoms with Gasteiger partial charge in [-0.15, -0.1) is 12.4 Å². The van der Waals surface area contributed by atoms with Crippen LogP contribution in [0.5, 0.6) is 5.75 Å². The molecule has 2 aliphatic rings. The fourth-order valence-electron chi connectivity index (χ4n) is 5.08. The maximum Gasteiger partial charge on any atom is 0.219 e. The summed E-state index contributed by atoms with van der Waals surface area (Å²) >= 11 is 0. The van der Waals surface area contributed by atoms with Crippen molar-refractivity contribution in [2.45, 2.75) is 57.7 Å². The number of hydrogen-bond donors (Lipinski definition) is 0. The third kappa shape index (κ3) is 5.73. The van der Waals surface area contributed by atoms with E-state index in [0.717, 1.165) is 51.1 Å². The number of benzene rings is 2. The highest BCUT2D eigenvalue weighted by Crippen LogP contribution is 2.39. The summed E-state index contributed by atoms with van der Waals surface area (Å²) in [5, 5.41) is 0. The number of hydrogen-bond acceptors (Lipinski definition) is 3. The number of carbonyl (C=O) groups is 1. The summed E-state index contributed by atoms with van der Waals surface area (Å²) in [7, 11) is 1.93. The molecule has 0 saturated heterocycles. The van der Waals surface area contributed by atoms with Crippen molar-refractivity contribution in [1.29, 1.82) is 0 Å². The second kappa shape index (κ2) is 10.5. The lowest BCUT2D eigenvalue weighted by Gasteiger charge is -2.43. The number of amides is 1. The second-order valence-corrected chi connectivity index (χ2v) is 9.30. The van der Waals surface area contributed by atoms with Gasteiger partial charge >= 0.3 is 0 Å². The first-order valence-electron chi connectivity index (χ1n) is 11.4. The predicted octanol–water partition coefficient (Wildman–Crippen LogP) is 5.57. The molecule has 1 aliphatic carbocycles. The van der Waals surface area contributed by atoms with E-state index in [0.29, 0.717) is 6.04 Å². The summed E-state index contributed by atoms with van der Waals surface area (Å²) in [5.41, 5.74) is 3.67. The molecule has 0 radical (unpaired) electrons. The molecule has 0 N–H and O–H groups in total. The van der Waals surface area contributed by atoms with Gasteiger partial charge in [-0.1, -0.05) is 60.2 Å². The molecule has 32 heavy (non-hydrogen) atoms. The van der Waals surface area contributed by atoms with Crippen LogP contribution in [0.3, 0.4) is 0 Å². The first-order chi connectivity index (χ1) is 14.9. The highest BCUT2D eigenvalue weighted by molar-refractivity contribution is 5.85. The van der Waals surface area contributed by atoms with Crippen molar-refractivity contribution in [2.24, 2.45) is 0 Å². The average molecular weight is 455 g/mol. The van der Waals surface area contributed by atoms with Gasteiger partial charge in [0.1, 0.15) is 11.4 Å². The SMILES string of the molecule is CC(=O)N(C)C1CCC2(CC1)CN(C/C(C)=C\c1ccccc1)Cc1ccccc1O2.Cl. The lowest BCUT2D eigenvalue weighted by Crippen LogP contribution is -2.51. The van der Waals surface area contributed by atoms with Crippen LogP contribution in [0, 0.1) is 0 Å². The number of nitrogens with zero attached hydrogens (tertiary/aromatic N) is 2. The number of rotatable bonds is 4. The standard InChI is InChI=1S/C27H34N2O2.ClH/c1-21(17-23-9-5-4-6-10-23)18-29-19-24-11-7-8-12-26(24)31-27(20-29)15-13-25(14-16-27)28(3)22(2)30;/h4-12,17,25H,13-16,18-20H2,1-3H3;1H/b21-17-;. The lowest BCUT2D eigenvalue weighted by molar-refractivity contribution is -0.131. The molecule has 1 amide bonds. The van der Waals surface area contributed by atoms with E-state index in [9.17, 15) is 4.79 Å². The van der Waals surface area contributed by atoms with Crippen molar-refractivity contribution >= 4 is 24.4 Å². The molecule has 0 bridgehead atoms. The van der Waals surface area contributed by atoms with Gasteiger partial charge in [0, 0.05) is 45.2 Å². The molecule has 5 heteroatoms. The largest absolute Gasteiger partial charge is 0.486 e. The molecule has 0 aromatic heterocycles. The Morgan fingerprint density at radius 1 is 1.09 bits per heavy atom. The van der Waals surface area contributed by atoms with Crippen LogP contribution in [0.1, 0.15) is 50.7 Å². The summed E-state index contributed by atoms with van der Waals surface area (Å²) in [5.74, 6) is 1.17. The third-order valence-corrected chi connectivity index (χ3v) is 6.80. The van der Waals surface area contributed by atoms with Crippen molar-refractivity contribution in [3.8, 4) is 5.75 Å². The molecule has 0 unspecified atom stereocenters. The molecule has 172 valence electrons. The quantitative estimate of drug-likeness (QED) is 0.605. The number of halogens is 1. The Labute approximate surface area is 198 Å². The van der Waals surface area contributed by atoms with Crippen LogP contribution in [0.15, 0.2) is 60.2 Å². The topological polar surface area (TPSA) is 32.8 Å². The zero-order chi connectivity index (χ0) is 21.8. The third-order valence-electron chi connectivity index (χ3n) is 6.80. The van der Waals surface area contributed by atoms with E-state index >= 15 is 0 Å². The zero-order valence-corrected chi connectivity index (χ0v) is 20.2. The first kappa shape index (κ1) is 24.3. The van der Waals surface area contributed by atoms with E-state index in [1.54, 1.807) is 6.92 Å². The minimum Gasteiger partial charge on any atom is -0.486 e. The highest BCUT2D eigenvalue weighted by Gasteiger charge is 2.42. The monoisotopic (exact) mass is 454 g/mol. The molecule has 1 saturated carbocycles. The molecule has 2 aromatic rings. The van der Waals surface area contributed by atoms with E-state index in [4.69, 9.17) is 4.74 Å².